The van der Waals surface area contributed by atoms with Gasteiger partial charge in [-0.3, -0.25) is 4.79 Å². The van der Waals surface area contributed by atoms with Gasteiger partial charge in [-0.1, -0.05) is 18.7 Å². The molecule has 0 unspecified atom stereocenters. The van der Waals surface area contributed by atoms with Gasteiger partial charge in [0.05, 0.1) is 5.76 Å². The Morgan fingerprint density at radius 2 is 2.11 bits per heavy atom. The van der Waals surface area contributed by atoms with Crippen LogP contribution < -0.4 is 10.8 Å². The van der Waals surface area contributed by atoms with E-state index >= 15 is 0 Å². The molecule has 1 aromatic carbocycles. The molecule has 0 radical (unpaired) electrons. The average Bonchev–Trinajstić information content (AvgIpc) is 2.63. The molecule has 0 aliphatic carbocycles. The normalized spacial score (nSPS) is 17.3. The Bertz CT molecular complexity index is 539. The lowest BCUT2D eigenvalue weighted by Crippen LogP contribution is -2.35. The molecule has 0 saturated carbocycles. The molecule has 0 spiro atoms. The Hall–Kier alpha value is -1.75. The smallest absolute Gasteiger partial charge is 0.534 e. The number of aryl methyl sites for hydroxylation is 1. The number of carbonyl (C=O) groups excluding carboxylic acids is 1. The van der Waals surface area contributed by atoms with E-state index in [4.69, 9.17) is 9.31 Å². The fraction of sp³-hybridized carbons (Fsp3) is 0.357. The molecule has 4 nitrogen and oxygen atoms in total. The number of hydrogen-bond acceptors (Lipinski definition) is 3. The molecule has 1 N–H and O–H groups in total. The van der Waals surface area contributed by atoms with Gasteiger partial charge in [-0.05, 0) is 37.9 Å². The zero-order valence-electron chi connectivity index (χ0n) is 11.7. The second kappa shape index (κ2) is 4.74. The Balaban J connectivity index is 2.27. The predicted molar refractivity (Wildman–Crippen MR) is 75.3 cm³/mol. The highest BCUT2D eigenvalue weighted by molar-refractivity contribution is 6.62. The number of rotatable bonds is 2. The molecule has 19 heavy (non-hydrogen) atoms. The number of carbonyl (C=O) groups is 1. The van der Waals surface area contributed by atoms with E-state index in [1.54, 1.807) is 13.1 Å². The van der Waals surface area contributed by atoms with Crippen molar-refractivity contribution in [3.05, 3.63) is 41.7 Å². The van der Waals surface area contributed by atoms with Crippen molar-refractivity contribution in [2.24, 2.45) is 0 Å². The summed E-state index contributed by atoms with van der Waals surface area (Å²) in [4.78, 5) is 11.6. The maximum Gasteiger partial charge on any atom is 0.563 e. The van der Waals surface area contributed by atoms with Crippen LogP contribution in [0.1, 0.15) is 29.8 Å². The highest BCUT2D eigenvalue weighted by Gasteiger charge is 2.42. The van der Waals surface area contributed by atoms with Crippen molar-refractivity contribution in [1.82, 2.24) is 5.32 Å². The van der Waals surface area contributed by atoms with Gasteiger partial charge in [0.15, 0.2) is 0 Å². The van der Waals surface area contributed by atoms with Crippen molar-refractivity contribution >= 4 is 18.5 Å². The van der Waals surface area contributed by atoms with Crippen molar-refractivity contribution < 1.29 is 14.1 Å². The molecule has 1 saturated heterocycles. The van der Waals surface area contributed by atoms with Crippen LogP contribution >= 0.6 is 0 Å². The van der Waals surface area contributed by atoms with Crippen LogP contribution in [0.4, 0.5) is 0 Å². The van der Waals surface area contributed by atoms with E-state index in [0.29, 0.717) is 11.3 Å². The highest BCUT2D eigenvalue weighted by atomic mass is 16.7. The van der Waals surface area contributed by atoms with Gasteiger partial charge in [0, 0.05) is 12.6 Å². The fourth-order valence-corrected chi connectivity index (χ4v) is 1.99. The summed E-state index contributed by atoms with van der Waals surface area (Å²) in [7, 11) is 1.16. The van der Waals surface area contributed by atoms with Crippen LogP contribution in [-0.4, -0.2) is 25.7 Å². The maximum absolute atomic E-state index is 11.6. The van der Waals surface area contributed by atoms with Crippen LogP contribution in [0.5, 0.6) is 0 Å². The van der Waals surface area contributed by atoms with E-state index in [0.717, 1.165) is 11.0 Å². The molecule has 2 rings (SSSR count). The summed E-state index contributed by atoms with van der Waals surface area (Å²) in [6.45, 7) is 9.58. The van der Waals surface area contributed by atoms with E-state index in [2.05, 4.69) is 11.9 Å². The van der Waals surface area contributed by atoms with Crippen LogP contribution in [-0.2, 0) is 9.31 Å². The van der Waals surface area contributed by atoms with Crippen molar-refractivity contribution in [2.45, 2.75) is 26.4 Å². The van der Waals surface area contributed by atoms with Crippen LogP contribution in [0.3, 0.4) is 0 Å². The Labute approximate surface area is 113 Å². The number of hydrogen-bond donors (Lipinski definition) is 1. The van der Waals surface area contributed by atoms with E-state index in [1.165, 1.54) is 0 Å². The van der Waals surface area contributed by atoms with E-state index in [1.807, 2.05) is 32.9 Å². The van der Waals surface area contributed by atoms with Gasteiger partial charge in [0.2, 0.25) is 0 Å². The van der Waals surface area contributed by atoms with Gasteiger partial charge in [0.25, 0.3) is 5.91 Å². The average molecular weight is 259 g/mol. The summed E-state index contributed by atoms with van der Waals surface area (Å²) in [5.74, 6) is 0.521. The standard InChI is InChI=1S/C14H18BNO3/c1-9-8-11(6-7-12(9)13(17)16-5)15-18-10(2)14(3,4)19-15/h6-8H,2H2,1,3-5H3,(H,16,17). The molecule has 1 aliphatic rings. The van der Waals surface area contributed by atoms with Crippen molar-refractivity contribution in [2.75, 3.05) is 7.05 Å². The first-order chi connectivity index (χ1) is 8.85. The Morgan fingerprint density at radius 3 is 2.58 bits per heavy atom. The third kappa shape index (κ3) is 2.51. The zero-order chi connectivity index (χ0) is 14.2. The summed E-state index contributed by atoms with van der Waals surface area (Å²) < 4.78 is 11.4. The summed E-state index contributed by atoms with van der Waals surface area (Å²) in [6.07, 6.45) is 0. The van der Waals surface area contributed by atoms with Gasteiger partial charge in [-0.15, -0.1) is 0 Å². The first kappa shape index (κ1) is 13.7. The van der Waals surface area contributed by atoms with Crippen LogP contribution in [0.25, 0.3) is 0 Å². The van der Waals surface area contributed by atoms with Crippen LogP contribution in [0, 0.1) is 6.92 Å². The predicted octanol–water partition coefficient (Wildman–Crippen LogP) is 1.39. The monoisotopic (exact) mass is 259 g/mol. The van der Waals surface area contributed by atoms with Crippen LogP contribution in [0.15, 0.2) is 30.5 Å². The minimum absolute atomic E-state index is 0.0953. The van der Waals surface area contributed by atoms with Crippen molar-refractivity contribution in [3.63, 3.8) is 0 Å². The van der Waals surface area contributed by atoms with Gasteiger partial charge < -0.3 is 14.6 Å². The molecular formula is C14H18BNO3. The lowest BCUT2D eigenvalue weighted by atomic mass is 9.78. The Kier molecular flexibility index (Phi) is 3.41. The van der Waals surface area contributed by atoms with Crippen LogP contribution in [0.2, 0.25) is 0 Å². The Morgan fingerprint density at radius 1 is 1.42 bits per heavy atom. The summed E-state index contributed by atoms with van der Waals surface area (Å²) in [6, 6.07) is 5.53. The number of benzene rings is 1. The first-order valence-electron chi connectivity index (χ1n) is 6.21. The van der Waals surface area contributed by atoms with E-state index in [9.17, 15) is 4.79 Å². The minimum Gasteiger partial charge on any atom is -0.534 e. The van der Waals surface area contributed by atoms with Crippen molar-refractivity contribution in [3.8, 4) is 0 Å². The van der Waals surface area contributed by atoms with Gasteiger partial charge in [-0.2, -0.15) is 0 Å². The van der Waals surface area contributed by atoms with Crippen molar-refractivity contribution in [1.29, 1.82) is 0 Å². The van der Waals surface area contributed by atoms with Gasteiger partial charge in [0.1, 0.15) is 5.60 Å². The number of nitrogens with one attached hydrogen (secondary N) is 1. The van der Waals surface area contributed by atoms with Gasteiger partial charge in [-0.25, -0.2) is 0 Å². The molecule has 1 fully saturated rings. The summed E-state index contributed by atoms with van der Waals surface area (Å²) in [5, 5.41) is 2.62. The molecule has 5 heteroatoms. The molecule has 0 aromatic heterocycles. The lowest BCUT2D eigenvalue weighted by molar-refractivity contribution is 0.0962. The van der Waals surface area contributed by atoms with E-state index < -0.39 is 12.7 Å². The van der Waals surface area contributed by atoms with Gasteiger partial charge >= 0.3 is 7.12 Å². The first-order valence-corrected chi connectivity index (χ1v) is 6.21. The SMILES string of the molecule is C=C1OB(c2ccc(C(=O)NC)c(C)c2)OC1(C)C. The lowest BCUT2D eigenvalue weighted by Gasteiger charge is -2.15. The summed E-state index contributed by atoms with van der Waals surface area (Å²) >= 11 is 0. The molecule has 1 amide bonds. The van der Waals surface area contributed by atoms with E-state index in [-0.39, 0.29) is 5.91 Å². The third-order valence-electron chi connectivity index (χ3n) is 3.32. The number of amides is 1. The molecular weight excluding hydrogens is 241 g/mol. The highest BCUT2D eigenvalue weighted by Crippen LogP contribution is 2.29. The molecule has 1 heterocycles. The minimum atomic E-state index is -0.488. The maximum atomic E-state index is 11.6. The second-order valence-corrected chi connectivity index (χ2v) is 5.15. The summed E-state index contributed by atoms with van der Waals surface area (Å²) in [5.41, 5.74) is 1.94. The molecule has 1 aromatic rings. The fourth-order valence-electron chi connectivity index (χ4n) is 1.99. The molecule has 100 valence electrons. The second-order valence-electron chi connectivity index (χ2n) is 5.15. The largest absolute Gasteiger partial charge is 0.563 e. The zero-order valence-corrected chi connectivity index (χ0v) is 11.7. The molecule has 0 bridgehead atoms. The molecule has 1 aliphatic heterocycles. The third-order valence-corrected chi connectivity index (χ3v) is 3.32. The quantitative estimate of drug-likeness (QED) is 0.816. The topological polar surface area (TPSA) is 47.6 Å². The molecule has 0 atom stereocenters.